The molecule has 3 rings (SSSR count). The summed E-state index contributed by atoms with van der Waals surface area (Å²) in [6.07, 6.45) is 0. The molecule has 0 unspecified atom stereocenters. The summed E-state index contributed by atoms with van der Waals surface area (Å²) >= 11 is 2.57. The fourth-order valence-electron chi connectivity index (χ4n) is 1.67. The van der Waals surface area contributed by atoms with Crippen LogP contribution in [0.1, 0.15) is 5.56 Å². The maximum absolute atomic E-state index is 12.2. The van der Waals surface area contributed by atoms with Crippen LogP contribution in [0.2, 0.25) is 0 Å². The van der Waals surface area contributed by atoms with E-state index >= 15 is 0 Å². The predicted octanol–water partition coefficient (Wildman–Crippen LogP) is 3.38. The van der Waals surface area contributed by atoms with Crippen molar-refractivity contribution in [3.05, 3.63) is 46.7 Å². The number of nitrogens with one attached hydrogen (secondary N) is 1. The number of aryl methyl sites for hydroxylation is 1. The molecule has 0 saturated carbocycles. The smallest absolute Gasteiger partial charge is 0.253 e. The third kappa shape index (κ3) is 3.12. The second kappa shape index (κ2) is 5.55. The summed E-state index contributed by atoms with van der Waals surface area (Å²) in [6.45, 7) is 1.90. The Kier molecular flexibility index (Phi) is 3.75. The number of sulfonamides is 1. The summed E-state index contributed by atoms with van der Waals surface area (Å²) in [4.78, 5) is 4.41. The highest BCUT2D eigenvalue weighted by Crippen LogP contribution is 2.24. The molecule has 108 valence electrons. The molecule has 0 amide bonds. The van der Waals surface area contributed by atoms with E-state index < -0.39 is 10.0 Å². The molecule has 0 bridgehead atoms. The van der Waals surface area contributed by atoms with E-state index in [1.54, 1.807) is 35.6 Å². The highest BCUT2D eigenvalue weighted by atomic mass is 32.2. The average Bonchev–Trinajstić information content (AvgIpc) is 3.09. The number of hydrogen-bond donors (Lipinski definition) is 1. The van der Waals surface area contributed by atoms with Crippen LogP contribution in [0.25, 0.3) is 11.4 Å². The second-order valence-corrected chi connectivity index (χ2v) is 7.57. The Morgan fingerprint density at radius 3 is 2.57 bits per heavy atom. The molecule has 3 aromatic rings. The summed E-state index contributed by atoms with van der Waals surface area (Å²) in [7, 11) is -3.63. The largest absolute Gasteiger partial charge is 0.263 e. The summed E-state index contributed by atoms with van der Waals surface area (Å²) < 4.78 is 31.1. The molecule has 0 radical (unpaired) electrons. The molecule has 2 heterocycles. The van der Waals surface area contributed by atoms with Crippen LogP contribution in [0.15, 0.2) is 46.0 Å². The minimum Gasteiger partial charge on any atom is -0.253 e. The number of benzene rings is 1. The van der Waals surface area contributed by atoms with Crippen molar-refractivity contribution in [2.45, 2.75) is 11.8 Å². The van der Waals surface area contributed by atoms with Gasteiger partial charge < -0.3 is 0 Å². The van der Waals surface area contributed by atoms with Gasteiger partial charge in [-0.15, -0.1) is 0 Å². The van der Waals surface area contributed by atoms with Gasteiger partial charge in [-0.3, -0.25) is 4.72 Å². The van der Waals surface area contributed by atoms with Crippen molar-refractivity contribution in [2.75, 3.05) is 4.72 Å². The van der Waals surface area contributed by atoms with Gasteiger partial charge in [0.25, 0.3) is 10.0 Å². The number of thiophene rings is 1. The van der Waals surface area contributed by atoms with E-state index in [2.05, 4.69) is 14.1 Å². The second-order valence-electron chi connectivity index (χ2n) is 4.35. The Hall–Kier alpha value is -1.77. The molecule has 0 aliphatic rings. The van der Waals surface area contributed by atoms with Crippen molar-refractivity contribution in [2.24, 2.45) is 0 Å². The number of nitrogens with zero attached hydrogens (tertiary/aromatic N) is 2. The first kappa shape index (κ1) is 14.2. The first-order valence-corrected chi connectivity index (χ1v) is 9.20. The van der Waals surface area contributed by atoms with Gasteiger partial charge in [-0.25, -0.2) is 8.42 Å². The van der Waals surface area contributed by atoms with E-state index in [0.29, 0.717) is 5.82 Å². The zero-order valence-electron chi connectivity index (χ0n) is 11.0. The molecular weight excluding hydrogens is 326 g/mol. The van der Waals surface area contributed by atoms with E-state index in [-0.39, 0.29) is 10.0 Å². The SMILES string of the molecule is Cc1ccc(S(=O)(=O)Nc2nc(-c3ccsc3)ns2)cc1. The molecule has 0 fully saturated rings. The van der Waals surface area contributed by atoms with E-state index in [1.807, 2.05) is 23.8 Å². The number of anilines is 1. The van der Waals surface area contributed by atoms with Crippen LogP contribution >= 0.6 is 22.9 Å². The number of aromatic nitrogens is 2. The fraction of sp³-hybridized carbons (Fsp3) is 0.0769. The first-order chi connectivity index (χ1) is 10.0. The van der Waals surface area contributed by atoms with E-state index in [9.17, 15) is 8.42 Å². The van der Waals surface area contributed by atoms with Crippen molar-refractivity contribution in [3.8, 4) is 11.4 Å². The minimum absolute atomic E-state index is 0.209. The van der Waals surface area contributed by atoms with Crippen LogP contribution in [0.3, 0.4) is 0 Å². The maximum atomic E-state index is 12.2. The molecule has 0 aliphatic heterocycles. The van der Waals surface area contributed by atoms with Crippen LogP contribution in [-0.2, 0) is 10.0 Å². The standard InChI is InChI=1S/C13H11N3O2S3/c1-9-2-4-11(5-3-9)21(17,18)16-13-14-12(15-20-13)10-6-7-19-8-10/h2-8H,1H3,(H,14,15,16). The Bertz CT molecular complexity index is 837. The summed E-state index contributed by atoms with van der Waals surface area (Å²) in [5.41, 5.74) is 1.89. The Morgan fingerprint density at radius 1 is 1.14 bits per heavy atom. The van der Waals surface area contributed by atoms with Crippen molar-refractivity contribution >= 4 is 38.0 Å². The third-order valence-electron chi connectivity index (χ3n) is 2.76. The molecular formula is C13H11N3O2S3. The van der Waals surface area contributed by atoms with Crippen molar-refractivity contribution in [1.29, 1.82) is 0 Å². The molecule has 1 N–H and O–H groups in total. The summed E-state index contributed by atoms with van der Waals surface area (Å²) in [5, 5.41) is 4.10. The zero-order chi connectivity index (χ0) is 14.9. The maximum Gasteiger partial charge on any atom is 0.263 e. The van der Waals surface area contributed by atoms with E-state index in [4.69, 9.17) is 0 Å². The molecule has 0 spiro atoms. The Morgan fingerprint density at radius 2 is 1.90 bits per heavy atom. The van der Waals surface area contributed by atoms with Crippen molar-refractivity contribution in [1.82, 2.24) is 9.36 Å². The lowest BCUT2D eigenvalue weighted by Crippen LogP contribution is -2.12. The molecule has 1 aromatic carbocycles. The van der Waals surface area contributed by atoms with Crippen LogP contribution < -0.4 is 4.72 Å². The van der Waals surface area contributed by atoms with Crippen LogP contribution in [0.4, 0.5) is 5.13 Å². The van der Waals surface area contributed by atoms with Gasteiger partial charge in [-0.2, -0.15) is 20.7 Å². The van der Waals surface area contributed by atoms with Crippen LogP contribution in [-0.4, -0.2) is 17.8 Å². The summed E-state index contributed by atoms with van der Waals surface area (Å²) in [6, 6.07) is 8.54. The molecule has 0 aliphatic carbocycles. The van der Waals surface area contributed by atoms with E-state index in [0.717, 1.165) is 22.7 Å². The first-order valence-electron chi connectivity index (χ1n) is 6.00. The summed E-state index contributed by atoms with van der Waals surface area (Å²) in [5.74, 6) is 0.530. The highest BCUT2D eigenvalue weighted by molar-refractivity contribution is 7.93. The Labute approximate surface area is 130 Å². The van der Waals surface area contributed by atoms with Crippen LogP contribution in [0.5, 0.6) is 0 Å². The lowest BCUT2D eigenvalue weighted by atomic mass is 10.2. The van der Waals surface area contributed by atoms with Gasteiger partial charge in [0.15, 0.2) is 5.82 Å². The van der Waals surface area contributed by atoms with Gasteiger partial charge in [-0.1, -0.05) is 17.7 Å². The molecule has 8 heteroatoms. The predicted molar refractivity (Wildman–Crippen MR) is 85.2 cm³/mol. The van der Waals surface area contributed by atoms with E-state index in [1.165, 1.54) is 0 Å². The molecule has 2 aromatic heterocycles. The van der Waals surface area contributed by atoms with Gasteiger partial charge in [0, 0.05) is 22.5 Å². The molecule has 5 nitrogen and oxygen atoms in total. The molecule has 0 saturated heterocycles. The van der Waals surface area contributed by atoms with Crippen LogP contribution in [0, 0.1) is 6.92 Å². The quantitative estimate of drug-likeness (QED) is 0.792. The fourth-order valence-corrected chi connectivity index (χ4v) is 4.11. The lowest BCUT2D eigenvalue weighted by Gasteiger charge is -2.04. The third-order valence-corrected chi connectivity index (χ3v) is 5.56. The normalized spacial score (nSPS) is 11.5. The Balaban J connectivity index is 1.84. The number of hydrogen-bond acceptors (Lipinski definition) is 6. The zero-order valence-corrected chi connectivity index (χ0v) is 13.4. The van der Waals surface area contributed by atoms with Crippen molar-refractivity contribution < 1.29 is 8.42 Å². The van der Waals surface area contributed by atoms with Gasteiger partial charge in [0.05, 0.1) is 4.90 Å². The van der Waals surface area contributed by atoms with Gasteiger partial charge in [0.1, 0.15) is 0 Å². The van der Waals surface area contributed by atoms with Gasteiger partial charge >= 0.3 is 0 Å². The van der Waals surface area contributed by atoms with Crippen molar-refractivity contribution in [3.63, 3.8) is 0 Å². The average molecular weight is 337 g/mol. The molecule has 21 heavy (non-hydrogen) atoms. The molecule has 0 atom stereocenters. The van der Waals surface area contributed by atoms with Gasteiger partial charge in [0.2, 0.25) is 5.13 Å². The topological polar surface area (TPSA) is 72.0 Å². The number of rotatable bonds is 4. The highest BCUT2D eigenvalue weighted by Gasteiger charge is 2.17. The van der Waals surface area contributed by atoms with Gasteiger partial charge in [-0.05, 0) is 30.5 Å². The lowest BCUT2D eigenvalue weighted by molar-refractivity contribution is 0.601. The minimum atomic E-state index is -3.63. The monoisotopic (exact) mass is 337 g/mol.